The van der Waals surface area contributed by atoms with Crippen molar-refractivity contribution in [1.82, 2.24) is 0 Å². The van der Waals surface area contributed by atoms with Crippen LogP contribution in [0, 0.1) is 19.3 Å². The maximum absolute atomic E-state index is 5.40. The Balaban J connectivity index is 2.16. The highest BCUT2D eigenvalue weighted by Gasteiger charge is 2.05. The highest BCUT2D eigenvalue weighted by Crippen LogP contribution is 2.20. The van der Waals surface area contributed by atoms with Gasteiger partial charge in [0.1, 0.15) is 0 Å². The van der Waals surface area contributed by atoms with Gasteiger partial charge in [-0.05, 0) is 37.6 Å². The zero-order valence-electron chi connectivity index (χ0n) is 10.8. The Labute approximate surface area is 109 Å². The van der Waals surface area contributed by atoms with Gasteiger partial charge in [-0.15, -0.1) is 6.42 Å². The summed E-state index contributed by atoms with van der Waals surface area (Å²) in [5.74, 6) is 2.65. The molecule has 0 aliphatic rings. The predicted octanol–water partition coefficient (Wildman–Crippen LogP) is 4.15. The lowest BCUT2D eigenvalue weighted by Crippen LogP contribution is -2.06. The van der Waals surface area contributed by atoms with Crippen LogP contribution in [-0.4, -0.2) is 0 Å². The van der Waals surface area contributed by atoms with Gasteiger partial charge in [0.05, 0.1) is 0 Å². The summed E-state index contributed by atoms with van der Waals surface area (Å²) < 4.78 is 0. The number of hydrogen-bond acceptors (Lipinski definition) is 1. The third-order valence-electron chi connectivity index (χ3n) is 2.95. The van der Waals surface area contributed by atoms with E-state index in [9.17, 15) is 0 Å². The van der Waals surface area contributed by atoms with Crippen LogP contribution in [0.25, 0.3) is 0 Å². The lowest BCUT2D eigenvalue weighted by atomic mass is 10.1. The highest BCUT2D eigenvalue weighted by molar-refractivity contribution is 5.51. The first-order valence-corrected chi connectivity index (χ1v) is 6.09. The maximum Gasteiger partial charge on any atom is 0.0485 e. The zero-order valence-corrected chi connectivity index (χ0v) is 10.8. The van der Waals surface area contributed by atoms with E-state index in [2.05, 4.69) is 49.4 Å². The smallest absolute Gasteiger partial charge is 0.0485 e. The van der Waals surface area contributed by atoms with Gasteiger partial charge in [-0.2, -0.15) is 0 Å². The molecule has 2 aromatic rings. The first-order valence-electron chi connectivity index (χ1n) is 6.09. The van der Waals surface area contributed by atoms with Crippen molar-refractivity contribution in [3.05, 3.63) is 65.2 Å². The maximum atomic E-state index is 5.40. The second kappa shape index (κ2) is 5.42. The van der Waals surface area contributed by atoms with E-state index in [1.54, 1.807) is 0 Å². The van der Waals surface area contributed by atoms with E-state index in [0.29, 0.717) is 0 Å². The number of rotatable bonds is 3. The van der Waals surface area contributed by atoms with E-state index in [1.807, 2.05) is 24.3 Å². The van der Waals surface area contributed by atoms with Gasteiger partial charge < -0.3 is 5.32 Å². The lowest BCUT2D eigenvalue weighted by Gasteiger charge is -2.16. The van der Waals surface area contributed by atoms with Crippen molar-refractivity contribution in [1.29, 1.82) is 0 Å². The summed E-state index contributed by atoms with van der Waals surface area (Å²) >= 11 is 0. The van der Waals surface area contributed by atoms with Gasteiger partial charge in [0.15, 0.2) is 0 Å². The summed E-state index contributed by atoms with van der Waals surface area (Å²) in [5, 5.41) is 3.46. The second-order valence-electron chi connectivity index (χ2n) is 4.51. The third kappa shape index (κ3) is 2.93. The van der Waals surface area contributed by atoms with Gasteiger partial charge in [-0.25, -0.2) is 0 Å². The summed E-state index contributed by atoms with van der Waals surface area (Å²) in [6.45, 7) is 4.26. The first kappa shape index (κ1) is 12.3. The number of nitrogens with one attached hydrogen (secondary N) is 1. The molecule has 1 N–H and O–H groups in total. The van der Waals surface area contributed by atoms with E-state index >= 15 is 0 Å². The first-order chi connectivity index (χ1) is 8.69. The average Bonchev–Trinajstić information content (AvgIpc) is 2.39. The minimum atomic E-state index is 0.262. The van der Waals surface area contributed by atoms with Crippen molar-refractivity contribution in [2.24, 2.45) is 0 Å². The summed E-state index contributed by atoms with van der Waals surface area (Å²) in [5.41, 5.74) is 4.51. The molecule has 0 fully saturated rings. The van der Waals surface area contributed by atoms with Crippen molar-refractivity contribution < 1.29 is 0 Å². The van der Waals surface area contributed by atoms with Gasteiger partial charge in [-0.3, -0.25) is 0 Å². The number of anilines is 1. The Bertz CT molecular complexity index is 578. The van der Waals surface area contributed by atoms with E-state index < -0.39 is 0 Å². The molecule has 0 heterocycles. The van der Waals surface area contributed by atoms with E-state index in [1.165, 1.54) is 11.1 Å². The Morgan fingerprint density at radius 1 is 1.11 bits per heavy atom. The minimum absolute atomic E-state index is 0.262. The molecular weight excluding hydrogens is 218 g/mol. The standard InChI is InChI=1S/C17H17N/c1-4-15-8-6-10-17(12-15)18-14(3)16-9-5-7-13(2)11-16/h1,5-12,14,18H,2-3H3. The van der Waals surface area contributed by atoms with E-state index in [4.69, 9.17) is 6.42 Å². The van der Waals surface area contributed by atoms with Crippen LogP contribution in [0.3, 0.4) is 0 Å². The lowest BCUT2D eigenvalue weighted by molar-refractivity contribution is 0.883. The molecule has 1 unspecified atom stereocenters. The van der Waals surface area contributed by atoms with Crippen LogP contribution in [0.15, 0.2) is 48.5 Å². The number of benzene rings is 2. The van der Waals surface area contributed by atoms with Gasteiger partial charge in [0.2, 0.25) is 0 Å². The van der Waals surface area contributed by atoms with Crippen molar-refractivity contribution in [3.8, 4) is 12.3 Å². The number of hydrogen-bond donors (Lipinski definition) is 1. The third-order valence-corrected chi connectivity index (χ3v) is 2.95. The fourth-order valence-corrected chi connectivity index (χ4v) is 1.97. The molecule has 90 valence electrons. The number of aryl methyl sites for hydroxylation is 1. The number of terminal acetylenes is 1. The molecule has 0 spiro atoms. The minimum Gasteiger partial charge on any atom is -0.378 e. The van der Waals surface area contributed by atoms with Crippen LogP contribution >= 0.6 is 0 Å². The molecule has 1 heteroatoms. The van der Waals surface area contributed by atoms with Crippen molar-refractivity contribution >= 4 is 5.69 Å². The molecule has 1 nitrogen and oxygen atoms in total. The molecule has 1 atom stereocenters. The molecular formula is C17H17N. The van der Waals surface area contributed by atoms with Crippen molar-refractivity contribution in [2.75, 3.05) is 5.32 Å². The van der Waals surface area contributed by atoms with Crippen LogP contribution in [0.5, 0.6) is 0 Å². The van der Waals surface area contributed by atoms with E-state index in [-0.39, 0.29) is 6.04 Å². The molecule has 0 radical (unpaired) electrons. The molecule has 2 aromatic carbocycles. The topological polar surface area (TPSA) is 12.0 Å². The summed E-state index contributed by atoms with van der Waals surface area (Å²) in [6, 6.07) is 16.7. The summed E-state index contributed by atoms with van der Waals surface area (Å²) in [7, 11) is 0. The largest absolute Gasteiger partial charge is 0.378 e. The molecule has 0 bridgehead atoms. The Hall–Kier alpha value is -2.20. The van der Waals surface area contributed by atoms with Crippen LogP contribution in [0.1, 0.15) is 29.7 Å². The fraction of sp³-hybridized carbons (Fsp3) is 0.176. The zero-order chi connectivity index (χ0) is 13.0. The van der Waals surface area contributed by atoms with Crippen molar-refractivity contribution in [2.45, 2.75) is 19.9 Å². The molecule has 0 saturated heterocycles. The Morgan fingerprint density at radius 2 is 1.89 bits per heavy atom. The van der Waals surface area contributed by atoms with Crippen LogP contribution in [-0.2, 0) is 0 Å². The molecule has 0 aliphatic carbocycles. The van der Waals surface area contributed by atoms with Crippen molar-refractivity contribution in [3.63, 3.8) is 0 Å². The molecule has 18 heavy (non-hydrogen) atoms. The quantitative estimate of drug-likeness (QED) is 0.788. The van der Waals surface area contributed by atoms with Gasteiger partial charge in [0, 0.05) is 17.3 Å². The molecule has 0 amide bonds. The monoisotopic (exact) mass is 235 g/mol. The fourth-order valence-electron chi connectivity index (χ4n) is 1.97. The van der Waals surface area contributed by atoms with Gasteiger partial charge in [-0.1, -0.05) is 41.8 Å². The normalized spacial score (nSPS) is 11.6. The summed E-state index contributed by atoms with van der Waals surface area (Å²) in [6.07, 6.45) is 5.40. The highest BCUT2D eigenvalue weighted by atomic mass is 14.9. The Kier molecular flexibility index (Phi) is 3.69. The summed E-state index contributed by atoms with van der Waals surface area (Å²) in [4.78, 5) is 0. The SMILES string of the molecule is C#Cc1cccc(NC(C)c2cccc(C)c2)c1. The van der Waals surface area contributed by atoms with Crippen LogP contribution in [0.2, 0.25) is 0 Å². The second-order valence-corrected chi connectivity index (χ2v) is 4.51. The van der Waals surface area contributed by atoms with Crippen LogP contribution in [0.4, 0.5) is 5.69 Å². The molecule has 0 aliphatic heterocycles. The van der Waals surface area contributed by atoms with Gasteiger partial charge >= 0.3 is 0 Å². The van der Waals surface area contributed by atoms with E-state index in [0.717, 1.165) is 11.3 Å². The average molecular weight is 235 g/mol. The Morgan fingerprint density at radius 3 is 2.61 bits per heavy atom. The molecule has 0 aromatic heterocycles. The van der Waals surface area contributed by atoms with Crippen LogP contribution < -0.4 is 5.32 Å². The van der Waals surface area contributed by atoms with Gasteiger partial charge in [0.25, 0.3) is 0 Å². The molecule has 0 saturated carbocycles. The predicted molar refractivity (Wildman–Crippen MR) is 77.6 cm³/mol. The molecule has 2 rings (SSSR count).